The molecule has 2 heterocycles. The van der Waals surface area contributed by atoms with Crippen LogP contribution in [0.3, 0.4) is 0 Å². The highest BCUT2D eigenvalue weighted by atomic mass is 19.1. The Morgan fingerprint density at radius 2 is 1.86 bits per heavy atom. The second-order valence-electron chi connectivity index (χ2n) is 7.65. The Morgan fingerprint density at radius 1 is 1.14 bits per heavy atom. The maximum atomic E-state index is 13.3. The van der Waals surface area contributed by atoms with Crippen LogP contribution in [0.5, 0.6) is 0 Å². The summed E-state index contributed by atoms with van der Waals surface area (Å²) in [6.45, 7) is 5.49. The van der Waals surface area contributed by atoms with Gasteiger partial charge in [-0.3, -0.25) is 4.79 Å². The SMILES string of the molecule is CC(C)c1ccc(NC(=O)C[n+]2cc(-c3ccc(F)cc3)n3c2CCC3)cc1. The Morgan fingerprint density at radius 3 is 2.54 bits per heavy atom. The van der Waals surface area contributed by atoms with Crippen LogP contribution < -0.4 is 9.88 Å². The molecule has 4 rings (SSSR count). The minimum Gasteiger partial charge on any atom is -0.323 e. The first-order valence-corrected chi connectivity index (χ1v) is 9.79. The van der Waals surface area contributed by atoms with Gasteiger partial charge in [-0.1, -0.05) is 26.0 Å². The molecule has 0 aliphatic carbocycles. The summed E-state index contributed by atoms with van der Waals surface area (Å²) in [7, 11) is 0. The van der Waals surface area contributed by atoms with Gasteiger partial charge in [-0.2, -0.15) is 0 Å². The fourth-order valence-corrected chi connectivity index (χ4v) is 3.80. The van der Waals surface area contributed by atoms with Gasteiger partial charge in [0.25, 0.3) is 11.7 Å². The third kappa shape index (κ3) is 3.70. The van der Waals surface area contributed by atoms with E-state index in [2.05, 4.69) is 35.9 Å². The van der Waals surface area contributed by atoms with Crippen LogP contribution in [0.2, 0.25) is 0 Å². The number of hydrogen-bond acceptors (Lipinski definition) is 1. The number of carbonyl (C=O) groups is 1. The average Bonchev–Trinajstić information content (AvgIpc) is 3.27. The van der Waals surface area contributed by atoms with Crippen LogP contribution in [-0.4, -0.2) is 10.5 Å². The summed E-state index contributed by atoms with van der Waals surface area (Å²) in [5.74, 6) is 1.32. The topological polar surface area (TPSA) is 37.9 Å². The molecule has 1 aliphatic heterocycles. The smallest absolute Gasteiger partial charge is 0.266 e. The largest absolute Gasteiger partial charge is 0.323 e. The second-order valence-corrected chi connectivity index (χ2v) is 7.65. The van der Waals surface area contributed by atoms with Crippen molar-refractivity contribution >= 4 is 11.6 Å². The van der Waals surface area contributed by atoms with Crippen LogP contribution in [0, 0.1) is 5.82 Å². The lowest BCUT2D eigenvalue weighted by atomic mass is 10.0. The molecule has 0 spiro atoms. The standard InChI is InChI=1S/C23H24FN3O/c1-16(2)17-7-11-20(12-8-17)25-22(28)15-26-14-21(27-13-3-4-23(26)27)18-5-9-19(24)10-6-18/h5-12,14,16H,3-4,13,15H2,1-2H3/p+1. The average molecular weight is 378 g/mol. The molecule has 4 nitrogen and oxygen atoms in total. The number of rotatable bonds is 5. The van der Waals surface area contributed by atoms with E-state index in [-0.39, 0.29) is 18.3 Å². The Bertz CT molecular complexity index is 988. The predicted octanol–water partition coefficient (Wildman–Crippen LogP) is 4.29. The van der Waals surface area contributed by atoms with Crippen molar-refractivity contribution in [1.82, 2.24) is 4.57 Å². The summed E-state index contributed by atoms with van der Waals surface area (Å²) in [5.41, 5.74) is 4.06. The number of fused-ring (bicyclic) bond motifs is 1. The molecule has 0 unspecified atom stereocenters. The number of hydrogen-bond donors (Lipinski definition) is 1. The van der Waals surface area contributed by atoms with E-state index in [9.17, 15) is 9.18 Å². The van der Waals surface area contributed by atoms with Gasteiger partial charge in [0, 0.05) is 11.3 Å². The summed E-state index contributed by atoms with van der Waals surface area (Å²) in [6, 6.07) is 14.5. The van der Waals surface area contributed by atoms with Gasteiger partial charge in [0.15, 0.2) is 12.2 Å². The van der Waals surface area contributed by atoms with Crippen LogP contribution in [0.4, 0.5) is 10.1 Å². The third-order valence-corrected chi connectivity index (χ3v) is 5.31. The lowest BCUT2D eigenvalue weighted by Gasteiger charge is -2.08. The highest BCUT2D eigenvalue weighted by Gasteiger charge is 2.29. The number of benzene rings is 2. The Balaban J connectivity index is 1.52. The molecule has 3 aromatic rings. The van der Waals surface area contributed by atoms with E-state index >= 15 is 0 Å². The molecule has 0 atom stereocenters. The first kappa shape index (κ1) is 18.4. The molecule has 0 saturated carbocycles. The Labute approximate surface area is 164 Å². The number of halogens is 1. The molecular formula is C23H25FN3O+. The molecule has 1 N–H and O–H groups in total. The van der Waals surface area contributed by atoms with Crippen LogP contribution in [0.25, 0.3) is 11.3 Å². The fourth-order valence-electron chi connectivity index (χ4n) is 3.80. The van der Waals surface area contributed by atoms with E-state index in [1.807, 2.05) is 22.9 Å². The van der Waals surface area contributed by atoms with Gasteiger partial charge < -0.3 is 5.32 Å². The zero-order chi connectivity index (χ0) is 19.7. The number of imidazole rings is 1. The number of nitrogens with zero attached hydrogens (tertiary/aromatic N) is 2. The van der Waals surface area contributed by atoms with E-state index < -0.39 is 0 Å². The van der Waals surface area contributed by atoms with E-state index in [1.54, 1.807) is 12.1 Å². The molecule has 2 aromatic carbocycles. The fraction of sp³-hybridized carbons (Fsp3) is 0.304. The van der Waals surface area contributed by atoms with E-state index in [0.717, 1.165) is 42.2 Å². The van der Waals surface area contributed by atoms with E-state index in [4.69, 9.17) is 0 Å². The van der Waals surface area contributed by atoms with Crippen molar-refractivity contribution < 1.29 is 13.8 Å². The van der Waals surface area contributed by atoms with Crippen LogP contribution in [-0.2, 0) is 24.3 Å². The highest BCUT2D eigenvalue weighted by Crippen LogP contribution is 2.25. The summed E-state index contributed by atoms with van der Waals surface area (Å²) in [4.78, 5) is 12.6. The summed E-state index contributed by atoms with van der Waals surface area (Å²) in [5, 5.41) is 2.99. The molecule has 1 amide bonds. The normalized spacial score (nSPS) is 13.0. The van der Waals surface area contributed by atoms with Gasteiger partial charge in [-0.15, -0.1) is 0 Å². The maximum Gasteiger partial charge on any atom is 0.266 e. The molecule has 28 heavy (non-hydrogen) atoms. The molecule has 1 aromatic heterocycles. The highest BCUT2D eigenvalue weighted by molar-refractivity contribution is 5.89. The summed E-state index contributed by atoms with van der Waals surface area (Å²) >= 11 is 0. The lowest BCUT2D eigenvalue weighted by molar-refractivity contribution is -0.690. The van der Waals surface area contributed by atoms with Crippen molar-refractivity contribution in [1.29, 1.82) is 0 Å². The van der Waals surface area contributed by atoms with E-state index in [0.29, 0.717) is 5.92 Å². The second kappa shape index (κ2) is 7.58. The van der Waals surface area contributed by atoms with Gasteiger partial charge in [0.1, 0.15) is 12.0 Å². The number of amides is 1. The maximum absolute atomic E-state index is 13.3. The molecular weight excluding hydrogens is 353 g/mol. The quantitative estimate of drug-likeness (QED) is 0.661. The van der Waals surface area contributed by atoms with Crippen molar-refractivity contribution in [3.8, 4) is 11.3 Å². The van der Waals surface area contributed by atoms with Crippen molar-refractivity contribution in [2.24, 2.45) is 0 Å². The number of anilines is 1. The van der Waals surface area contributed by atoms with Gasteiger partial charge in [0.05, 0.1) is 13.0 Å². The molecule has 1 aliphatic rings. The van der Waals surface area contributed by atoms with Gasteiger partial charge in [0.2, 0.25) is 0 Å². The monoisotopic (exact) mass is 378 g/mol. The van der Waals surface area contributed by atoms with Gasteiger partial charge in [-0.25, -0.2) is 13.5 Å². The molecule has 0 fully saturated rings. The van der Waals surface area contributed by atoms with Crippen molar-refractivity contribution in [2.45, 2.75) is 45.7 Å². The minimum atomic E-state index is -0.243. The Hall–Kier alpha value is -2.95. The van der Waals surface area contributed by atoms with Gasteiger partial charge >= 0.3 is 0 Å². The summed E-state index contributed by atoms with van der Waals surface area (Å²) in [6.07, 6.45) is 4.00. The zero-order valence-electron chi connectivity index (χ0n) is 16.3. The van der Waals surface area contributed by atoms with Crippen molar-refractivity contribution in [3.05, 3.63) is 71.9 Å². The summed E-state index contributed by atoms with van der Waals surface area (Å²) < 4.78 is 17.5. The molecule has 5 heteroatoms. The molecule has 0 saturated heterocycles. The lowest BCUT2D eigenvalue weighted by Crippen LogP contribution is -2.42. The van der Waals surface area contributed by atoms with Crippen molar-refractivity contribution in [2.75, 3.05) is 5.32 Å². The predicted molar refractivity (Wildman–Crippen MR) is 108 cm³/mol. The minimum absolute atomic E-state index is 0.0479. The zero-order valence-corrected chi connectivity index (χ0v) is 16.3. The van der Waals surface area contributed by atoms with Crippen LogP contribution >= 0.6 is 0 Å². The van der Waals surface area contributed by atoms with Gasteiger partial charge in [-0.05, 0) is 54.3 Å². The first-order chi connectivity index (χ1) is 13.5. The number of nitrogens with one attached hydrogen (secondary N) is 1. The van der Waals surface area contributed by atoms with E-state index in [1.165, 1.54) is 17.7 Å². The molecule has 144 valence electrons. The Kier molecular flexibility index (Phi) is 4.99. The third-order valence-electron chi connectivity index (χ3n) is 5.31. The molecule has 0 bridgehead atoms. The number of carbonyl (C=O) groups excluding carboxylic acids is 1. The van der Waals surface area contributed by atoms with Crippen LogP contribution in [0.15, 0.2) is 54.7 Å². The molecule has 0 radical (unpaired) electrons. The first-order valence-electron chi connectivity index (χ1n) is 9.79. The van der Waals surface area contributed by atoms with Crippen LogP contribution in [0.1, 0.15) is 37.6 Å². The number of aromatic nitrogens is 2. The van der Waals surface area contributed by atoms with Crippen molar-refractivity contribution in [3.63, 3.8) is 0 Å².